The number of amides is 1. The molecular weight excluding hydrogens is 420 g/mol. The van der Waals surface area contributed by atoms with Crippen molar-refractivity contribution in [1.29, 1.82) is 0 Å². The third-order valence-electron chi connectivity index (χ3n) is 5.27. The van der Waals surface area contributed by atoms with Gasteiger partial charge in [0.15, 0.2) is 11.0 Å². The second kappa shape index (κ2) is 10.3. The minimum Gasteiger partial charge on any atom is -0.467 e. The molecule has 2 aromatic heterocycles. The largest absolute Gasteiger partial charge is 0.467 e. The quantitative estimate of drug-likeness (QED) is 0.337. The van der Waals surface area contributed by atoms with Crippen LogP contribution in [-0.4, -0.2) is 37.9 Å². The molecule has 0 spiro atoms. The first kappa shape index (κ1) is 21.9. The first-order valence-corrected chi connectivity index (χ1v) is 11.6. The van der Waals surface area contributed by atoms with Gasteiger partial charge in [-0.2, -0.15) is 0 Å². The third-order valence-corrected chi connectivity index (χ3v) is 6.22. The van der Waals surface area contributed by atoms with E-state index in [1.807, 2.05) is 77.1 Å². The van der Waals surface area contributed by atoms with Crippen molar-refractivity contribution in [2.24, 2.45) is 0 Å². The maximum absolute atomic E-state index is 12.9. The molecule has 2 heterocycles. The lowest BCUT2D eigenvalue weighted by Gasteiger charge is -2.20. The van der Waals surface area contributed by atoms with Crippen molar-refractivity contribution in [2.45, 2.75) is 32.1 Å². The summed E-state index contributed by atoms with van der Waals surface area (Å²) in [7, 11) is 0. The minimum absolute atomic E-state index is 0.0753. The second-order valence-corrected chi connectivity index (χ2v) is 8.41. The Morgan fingerprint density at radius 3 is 2.53 bits per heavy atom. The molecule has 2 aromatic carbocycles. The average molecular weight is 447 g/mol. The van der Waals surface area contributed by atoms with Crippen molar-refractivity contribution in [3.63, 3.8) is 0 Å². The van der Waals surface area contributed by atoms with Crippen molar-refractivity contribution in [1.82, 2.24) is 19.7 Å². The van der Waals surface area contributed by atoms with E-state index in [2.05, 4.69) is 23.2 Å². The van der Waals surface area contributed by atoms with Crippen LogP contribution >= 0.6 is 11.8 Å². The zero-order valence-corrected chi connectivity index (χ0v) is 19.1. The van der Waals surface area contributed by atoms with Gasteiger partial charge in [0, 0.05) is 18.7 Å². The van der Waals surface area contributed by atoms with Gasteiger partial charge in [0.1, 0.15) is 5.76 Å². The molecule has 0 N–H and O–H groups in total. The molecule has 0 radical (unpaired) electrons. The van der Waals surface area contributed by atoms with Gasteiger partial charge < -0.3 is 9.32 Å². The van der Waals surface area contributed by atoms with Crippen LogP contribution in [0.4, 0.5) is 0 Å². The number of rotatable bonds is 9. The molecule has 164 valence electrons. The highest BCUT2D eigenvalue weighted by Gasteiger charge is 2.19. The number of hydrogen-bond donors (Lipinski definition) is 0. The number of hydrogen-bond acceptors (Lipinski definition) is 5. The van der Waals surface area contributed by atoms with E-state index in [0.29, 0.717) is 30.5 Å². The number of aromatic nitrogens is 3. The maximum atomic E-state index is 12.9. The predicted octanol–water partition coefficient (Wildman–Crippen LogP) is 5.04. The number of nitrogens with zero attached hydrogens (tertiary/aromatic N) is 4. The Kier molecular flexibility index (Phi) is 7.07. The Morgan fingerprint density at radius 2 is 1.81 bits per heavy atom. The fourth-order valence-corrected chi connectivity index (χ4v) is 4.36. The van der Waals surface area contributed by atoms with E-state index in [9.17, 15) is 4.79 Å². The molecule has 4 aromatic rings. The van der Waals surface area contributed by atoms with Gasteiger partial charge in [0.25, 0.3) is 0 Å². The standard InChI is InChI=1S/C25H26N4O2S/c1-3-28(16-20-11-5-4-6-12-20)23(30)18-32-25-27-26-24(22-14-8-7-10-19(22)2)29(25)17-21-13-9-15-31-21/h4-15H,3,16-18H2,1-2H3. The average Bonchev–Trinajstić information content (AvgIpc) is 3.47. The molecular formula is C25H26N4O2S. The van der Waals surface area contributed by atoms with Crippen LogP contribution < -0.4 is 0 Å². The summed E-state index contributed by atoms with van der Waals surface area (Å²) in [6.45, 7) is 5.81. The molecule has 4 rings (SSSR count). The van der Waals surface area contributed by atoms with Crippen molar-refractivity contribution in [3.05, 3.63) is 89.9 Å². The first-order chi connectivity index (χ1) is 15.7. The smallest absolute Gasteiger partial charge is 0.233 e. The summed E-state index contributed by atoms with van der Waals surface area (Å²) >= 11 is 1.41. The highest BCUT2D eigenvalue weighted by molar-refractivity contribution is 7.99. The number of carbonyl (C=O) groups is 1. The van der Waals surface area contributed by atoms with E-state index in [1.165, 1.54) is 11.8 Å². The van der Waals surface area contributed by atoms with Crippen molar-refractivity contribution in [3.8, 4) is 11.4 Å². The molecule has 6 nitrogen and oxygen atoms in total. The molecule has 0 fully saturated rings. The van der Waals surface area contributed by atoms with Crippen LogP contribution in [0.25, 0.3) is 11.4 Å². The summed E-state index contributed by atoms with van der Waals surface area (Å²) in [5.41, 5.74) is 3.26. The first-order valence-electron chi connectivity index (χ1n) is 10.6. The Bertz CT molecular complexity index is 1160. The zero-order chi connectivity index (χ0) is 22.3. The molecule has 0 aliphatic carbocycles. The van der Waals surface area contributed by atoms with Crippen LogP contribution in [-0.2, 0) is 17.9 Å². The lowest BCUT2D eigenvalue weighted by atomic mass is 10.1. The normalized spacial score (nSPS) is 10.9. The van der Waals surface area contributed by atoms with Gasteiger partial charge >= 0.3 is 0 Å². The van der Waals surface area contributed by atoms with Gasteiger partial charge in [-0.05, 0) is 37.1 Å². The molecule has 0 bridgehead atoms. The third kappa shape index (κ3) is 5.11. The van der Waals surface area contributed by atoms with Gasteiger partial charge in [-0.3, -0.25) is 9.36 Å². The van der Waals surface area contributed by atoms with E-state index in [-0.39, 0.29) is 5.91 Å². The van der Waals surface area contributed by atoms with Crippen LogP contribution in [0.15, 0.2) is 82.6 Å². The molecule has 0 saturated heterocycles. The SMILES string of the molecule is CCN(Cc1ccccc1)C(=O)CSc1nnc(-c2ccccc2C)n1Cc1ccco1. The summed E-state index contributed by atoms with van der Waals surface area (Å²) in [5, 5.41) is 9.58. The van der Waals surface area contributed by atoms with Crippen LogP contribution in [0.3, 0.4) is 0 Å². The zero-order valence-electron chi connectivity index (χ0n) is 18.3. The van der Waals surface area contributed by atoms with Crippen molar-refractivity contribution in [2.75, 3.05) is 12.3 Å². The molecule has 0 unspecified atom stereocenters. The van der Waals surface area contributed by atoms with Crippen LogP contribution in [0, 0.1) is 6.92 Å². The van der Waals surface area contributed by atoms with Crippen LogP contribution in [0.5, 0.6) is 0 Å². The van der Waals surface area contributed by atoms with E-state index >= 15 is 0 Å². The summed E-state index contributed by atoms with van der Waals surface area (Å²) in [6, 6.07) is 21.9. The monoisotopic (exact) mass is 446 g/mol. The molecule has 7 heteroatoms. The number of benzene rings is 2. The minimum atomic E-state index is 0.0753. The maximum Gasteiger partial charge on any atom is 0.233 e. The molecule has 0 atom stereocenters. The molecule has 0 aliphatic rings. The molecule has 1 amide bonds. The fraction of sp³-hybridized carbons (Fsp3) is 0.240. The van der Waals surface area contributed by atoms with Gasteiger partial charge in [-0.1, -0.05) is 66.4 Å². The van der Waals surface area contributed by atoms with E-state index < -0.39 is 0 Å². The predicted molar refractivity (Wildman–Crippen MR) is 126 cm³/mol. The van der Waals surface area contributed by atoms with Gasteiger partial charge in [-0.15, -0.1) is 10.2 Å². The highest BCUT2D eigenvalue weighted by atomic mass is 32.2. The van der Waals surface area contributed by atoms with E-state index in [1.54, 1.807) is 6.26 Å². The Hall–Kier alpha value is -3.32. The topological polar surface area (TPSA) is 64.2 Å². The summed E-state index contributed by atoms with van der Waals surface area (Å²) < 4.78 is 7.59. The number of furan rings is 1. The van der Waals surface area contributed by atoms with Gasteiger partial charge in [0.05, 0.1) is 18.6 Å². The van der Waals surface area contributed by atoms with Crippen molar-refractivity contribution >= 4 is 17.7 Å². The molecule has 32 heavy (non-hydrogen) atoms. The highest BCUT2D eigenvalue weighted by Crippen LogP contribution is 2.27. The van der Waals surface area contributed by atoms with E-state index in [4.69, 9.17) is 4.42 Å². The number of thioether (sulfide) groups is 1. The number of aryl methyl sites for hydroxylation is 1. The summed E-state index contributed by atoms with van der Waals surface area (Å²) in [6.07, 6.45) is 1.66. The van der Waals surface area contributed by atoms with Crippen molar-refractivity contribution < 1.29 is 9.21 Å². The Morgan fingerprint density at radius 1 is 1.03 bits per heavy atom. The van der Waals surface area contributed by atoms with Crippen LogP contribution in [0.2, 0.25) is 0 Å². The van der Waals surface area contributed by atoms with Gasteiger partial charge in [-0.25, -0.2) is 0 Å². The Labute approximate surface area is 192 Å². The number of carbonyl (C=O) groups excluding carboxylic acids is 1. The fourth-order valence-electron chi connectivity index (χ4n) is 3.52. The Balaban J connectivity index is 1.54. The van der Waals surface area contributed by atoms with Gasteiger partial charge in [0.2, 0.25) is 5.91 Å². The summed E-state index contributed by atoms with van der Waals surface area (Å²) in [5.74, 6) is 1.95. The molecule has 0 aliphatic heterocycles. The molecule has 0 saturated carbocycles. The summed E-state index contributed by atoms with van der Waals surface area (Å²) in [4.78, 5) is 14.8. The van der Waals surface area contributed by atoms with E-state index in [0.717, 1.165) is 28.3 Å². The second-order valence-electron chi connectivity index (χ2n) is 7.47. The lowest BCUT2D eigenvalue weighted by molar-refractivity contribution is -0.128. The van der Waals surface area contributed by atoms with Crippen LogP contribution in [0.1, 0.15) is 23.8 Å². The lowest BCUT2D eigenvalue weighted by Crippen LogP contribution is -2.31.